The first-order valence-electron chi connectivity index (χ1n) is 12.5. The number of carbonyl (C=O) groups is 1. The van der Waals surface area contributed by atoms with Crippen molar-refractivity contribution in [1.82, 2.24) is 9.88 Å². The molecule has 3 aromatic rings. The number of aromatic hydroxyl groups is 1. The maximum absolute atomic E-state index is 13.5. The number of pyridine rings is 1. The van der Waals surface area contributed by atoms with Gasteiger partial charge >= 0.3 is 0 Å². The molecule has 0 unspecified atom stereocenters. The number of benzene rings is 2. The molecule has 0 atom stereocenters. The molecule has 0 spiro atoms. The number of carbonyl (C=O) groups excluding carboxylic acids is 1. The average Bonchev–Trinajstić information content (AvgIpc) is 2.85. The number of Topliss-reactive ketones (excluding diaryl/α,β-unsaturated/α-hetero) is 1. The second-order valence-corrected chi connectivity index (χ2v) is 11.4. The van der Waals surface area contributed by atoms with Crippen LogP contribution in [0.5, 0.6) is 11.5 Å². The number of phenols is 1. The van der Waals surface area contributed by atoms with E-state index >= 15 is 0 Å². The zero-order chi connectivity index (χ0) is 26.2. The van der Waals surface area contributed by atoms with Crippen molar-refractivity contribution in [2.75, 3.05) is 26.5 Å². The zero-order valence-electron chi connectivity index (χ0n) is 22.0. The van der Waals surface area contributed by atoms with E-state index in [0.717, 1.165) is 53.4 Å². The highest BCUT2D eigenvalue weighted by Crippen LogP contribution is 2.40. The summed E-state index contributed by atoms with van der Waals surface area (Å²) in [7, 11) is 5.78. The number of phenolic OH excluding ortho intramolecular Hbond substituents is 1. The largest absolute Gasteiger partial charge is 0.503 e. The van der Waals surface area contributed by atoms with Gasteiger partial charge < -0.3 is 20.1 Å². The molecule has 1 aliphatic carbocycles. The van der Waals surface area contributed by atoms with Crippen LogP contribution in [0, 0.1) is 5.41 Å². The van der Waals surface area contributed by atoms with Crippen molar-refractivity contribution >= 4 is 34.0 Å². The SMILES string of the molecule is COc1cc(-c2ccc3ncc(C(=O)C(C)(C)C)c(N[C@H]4CC[C@H](N(C)C)CC4)c3c2)cc(Cl)c1O. The lowest BCUT2D eigenvalue weighted by molar-refractivity contribution is 0.0859. The third-order valence-electron chi connectivity index (χ3n) is 7.15. The number of hydrogen-bond donors (Lipinski definition) is 2. The van der Waals surface area contributed by atoms with Gasteiger partial charge in [-0.1, -0.05) is 38.4 Å². The first-order valence-corrected chi connectivity index (χ1v) is 12.8. The molecule has 0 amide bonds. The van der Waals surface area contributed by atoms with Gasteiger partial charge in [-0.25, -0.2) is 0 Å². The van der Waals surface area contributed by atoms with Crippen molar-refractivity contribution in [2.45, 2.75) is 58.5 Å². The van der Waals surface area contributed by atoms with E-state index in [4.69, 9.17) is 16.3 Å². The summed E-state index contributed by atoms with van der Waals surface area (Å²) < 4.78 is 5.31. The van der Waals surface area contributed by atoms with E-state index in [1.54, 1.807) is 18.3 Å². The van der Waals surface area contributed by atoms with Crippen LogP contribution in [0.1, 0.15) is 56.8 Å². The summed E-state index contributed by atoms with van der Waals surface area (Å²) in [4.78, 5) is 20.4. The lowest BCUT2D eigenvalue weighted by Crippen LogP contribution is -2.36. The maximum Gasteiger partial charge on any atom is 0.176 e. The van der Waals surface area contributed by atoms with E-state index in [0.29, 0.717) is 17.4 Å². The fraction of sp³-hybridized carbons (Fsp3) is 0.448. The number of aromatic nitrogens is 1. The Morgan fingerprint density at radius 1 is 1.11 bits per heavy atom. The van der Waals surface area contributed by atoms with Crippen LogP contribution in [0.15, 0.2) is 36.5 Å². The van der Waals surface area contributed by atoms with E-state index in [1.165, 1.54) is 7.11 Å². The van der Waals surface area contributed by atoms with Gasteiger partial charge in [-0.2, -0.15) is 0 Å². The lowest BCUT2D eigenvalue weighted by Gasteiger charge is -2.34. The minimum atomic E-state index is -0.538. The topological polar surface area (TPSA) is 74.7 Å². The standard InChI is InChI=1S/C29H36ClN3O3/c1-29(2,3)28(35)22-16-31-24-12-7-17(18-14-23(30)27(34)25(15-18)36-6)13-21(24)26(22)32-19-8-10-20(11-9-19)33(4)5/h7,12-16,19-20,34H,8-11H2,1-6H3,(H,31,32)/t19-,20-. The number of nitrogens with one attached hydrogen (secondary N) is 1. The van der Waals surface area contributed by atoms with Crippen LogP contribution >= 0.6 is 11.6 Å². The number of ether oxygens (including phenoxy) is 1. The average molecular weight is 510 g/mol. The molecule has 0 aliphatic heterocycles. The summed E-state index contributed by atoms with van der Waals surface area (Å²) in [5, 5.41) is 15.0. The smallest absolute Gasteiger partial charge is 0.176 e. The number of anilines is 1. The molecular weight excluding hydrogens is 474 g/mol. The maximum atomic E-state index is 13.5. The molecule has 1 saturated carbocycles. The van der Waals surface area contributed by atoms with E-state index in [-0.39, 0.29) is 22.6 Å². The van der Waals surface area contributed by atoms with Gasteiger partial charge in [0.25, 0.3) is 0 Å². The lowest BCUT2D eigenvalue weighted by atomic mass is 9.85. The van der Waals surface area contributed by atoms with Crippen LogP contribution in [0.4, 0.5) is 5.69 Å². The van der Waals surface area contributed by atoms with Crippen molar-refractivity contribution in [3.05, 3.63) is 47.1 Å². The van der Waals surface area contributed by atoms with Gasteiger partial charge in [-0.05, 0) is 75.2 Å². The fourth-order valence-corrected chi connectivity index (χ4v) is 5.15. The van der Waals surface area contributed by atoms with Crippen LogP contribution in [-0.4, -0.2) is 54.1 Å². The van der Waals surface area contributed by atoms with E-state index in [2.05, 4.69) is 29.3 Å². The van der Waals surface area contributed by atoms with E-state index < -0.39 is 5.41 Å². The minimum absolute atomic E-state index is 0.0566. The number of fused-ring (bicyclic) bond motifs is 1. The number of methoxy groups -OCH3 is 1. The Balaban J connectivity index is 1.82. The quantitative estimate of drug-likeness (QED) is 0.356. The van der Waals surface area contributed by atoms with Gasteiger partial charge in [0, 0.05) is 29.1 Å². The molecule has 1 heterocycles. The predicted octanol–water partition coefficient (Wildman–Crippen LogP) is 6.78. The summed E-state index contributed by atoms with van der Waals surface area (Å²) in [5.74, 6) is 0.281. The second kappa shape index (κ2) is 10.3. The normalized spacial score (nSPS) is 18.4. The van der Waals surface area contributed by atoms with Crippen LogP contribution in [0.2, 0.25) is 5.02 Å². The summed E-state index contributed by atoms with van der Waals surface area (Å²) in [5.41, 5.74) is 3.43. The summed E-state index contributed by atoms with van der Waals surface area (Å²) in [6.45, 7) is 5.81. The first kappa shape index (κ1) is 26.2. The van der Waals surface area contributed by atoms with Crippen molar-refractivity contribution < 1.29 is 14.6 Å². The Hall–Kier alpha value is -2.83. The molecule has 1 aromatic heterocycles. The van der Waals surface area contributed by atoms with E-state index in [1.807, 2.05) is 39.0 Å². The summed E-state index contributed by atoms with van der Waals surface area (Å²) in [6.07, 6.45) is 6.03. The molecular formula is C29H36ClN3O3. The molecule has 7 heteroatoms. The highest BCUT2D eigenvalue weighted by atomic mass is 35.5. The highest BCUT2D eigenvalue weighted by molar-refractivity contribution is 6.32. The van der Waals surface area contributed by atoms with Crippen molar-refractivity contribution in [3.63, 3.8) is 0 Å². The number of hydrogen-bond acceptors (Lipinski definition) is 6. The van der Waals surface area contributed by atoms with Crippen LogP contribution in [-0.2, 0) is 0 Å². The fourth-order valence-electron chi connectivity index (χ4n) is 4.94. The Kier molecular flexibility index (Phi) is 7.48. The van der Waals surface area contributed by atoms with Crippen LogP contribution < -0.4 is 10.1 Å². The summed E-state index contributed by atoms with van der Waals surface area (Å²) >= 11 is 6.27. The number of rotatable bonds is 6. The third-order valence-corrected chi connectivity index (χ3v) is 7.44. The minimum Gasteiger partial charge on any atom is -0.503 e. The number of nitrogens with zero attached hydrogens (tertiary/aromatic N) is 2. The molecule has 0 saturated heterocycles. The highest BCUT2D eigenvalue weighted by Gasteiger charge is 2.29. The molecule has 1 aliphatic rings. The Morgan fingerprint density at radius 2 is 1.81 bits per heavy atom. The van der Waals surface area contributed by atoms with Crippen molar-refractivity contribution in [1.29, 1.82) is 0 Å². The van der Waals surface area contributed by atoms with Gasteiger partial charge in [0.2, 0.25) is 0 Å². The molecule has 0 bridgehead atoms. The Morgan fingerprint density at radius 3 is 2.42 bits per heavy atom. The zero-order valence-corrected chi connectivity index (χ0v) is 22.7. The molecule has 4 rings (SSSR count). The molecule has 2 N–H and O–H groups in total. The van der Waals surface area contributed by atoms with Gasteiger partial charge in [0.1, 0.15) is 0 Å². The van der Waals surface area contributed by atoms with Gasteiger partial charge in [-0.3, -0.25) is 9.78 Å². The molecule has 1 fully saturated rings. The van der Waals surface area contributed by atoms with Gasteiger partial charge in [0.15, 0.2) is 17.3 Å². The first-order chi connectivity index (χ1) is 17.0. The Labute approximate surface area is 218 Å². The molecule has 192 valence electrons. The van der Waals surface area contributed by atoms with E-state index in [9.17, 15) is 9.90 Å². The third kappa shape index (κ3) is 5.30. The van der Waals surface area contributed by atoms with Crippen LogP contribution in [0.25, 0.3) is 22.0 Å². The van der Waals surface area contributed by atoms with Crippen LogP contribution in [0.3, 0.4) is 0 Å². The predicted molar refractivity (Wildman–Crippen MR) is 148 cm³/mol. The van der Waals surface area contributed by atoms with Crippen molar-refractivity contribution in [2.24, 2.45) is 5.41 Å². The van der Waals surface area contributed by atoms with Gasteiger partial charge in [0.05, 0.1) is 28.9 Å². The molecule has 36 heavy (non-hydrogen) atoms. The molecule has 6 nitrogen and oxygen atoms in total. The monoisotopic (exact) mass is 509 g/mol. The summed E-state index contributed by atoms with van der Waals surface area (Å²) in [6, 6.07) is 10.3. The Bertz CT molecular complexity index is 1270. The van der Waals surface area contributed by atoms with Crippen molar-refractivity contribution in [3.8, 4) is 22.6 Å². The molecule has 0 radical (unpaired) electrons. The number of halogens is 1. The number of ketones is 1. The second-order valence-electron chi connectivity index (χ2n) is 11.0. The van der Waals surface area contributed by atoms with Gasteiger partial charge in [-0.15, -0.1) is 0 Å². The molecule has 2 aromatic carbocycles.